The minimum atomic E-state index is -0.343. The van der Waals surface area contributed by atoms with Gasteiger partial charge in [0, 0.05) is 35.9 Å². The van der Waals surface area contributed by atoms with E-state index < -0.39 is 0 Å². The molecule has 0 atom stereocenters. The van der Waals surface area contributed by atoms with Gasteiger partial charge >= 0.3 is 6.03 Å². The molecule has 0 aliphatic carbocycles. The zero-order valence-corrected chi connectivity index (χ0v) is 14.0. The minimum Gasteiger partial charge on any atom is -0.348 e. The fourth-order valence-corrected chi connectivity index (χ4v) is 2.31. The third-order valence-electron chi connectivity index (χ3n) is 3.61. The van der Waals surface area contributed by atoms with Gasteiger partial charge in [-0.3, -0.25) is 9.78 Å². The molecule has 3 amide bonds. The highest BCUT2D eigenvalue weighted by molar-refractivity contribution is 6.00. The number of benzene rings is 2. The predicted molar refractivity (Wildman–Crippen MR) is 101 cm³/mol. The molecule has 0 bridgehead atoms. The number of carbonyl (C=O) groups excluding carboxylic acids is 2. The number of carbonyl (C=O) groups is 2. The Morgan fingerprint density at radius 3 is 2.15 bits per heavy atom. The molecule has 0 aliphatic rings. The van der Waals surface area contributed by atoms with Crippen molar-refractivity contribution in [3.63, 3.8) is 0 Å². The Kier molecular flexibility index (Phi) is 5.57. The van der Waals surface area contributed by atoms with Gasteiger partial charge in [-0.1, -0.05) is 24.3 Å². The number of aromatic nitrogens is 1. The van der Waals surface area contributed by atoms with Crippen LogP contribution in [-0.4, -0.2) is 16.9 Å². The van der Waals surface area contributed by atoms with E-state index in [0.29, 0.717) is 23.5 Å². The Morgan fingerprint density at radius 1 is 0.808 bits per heavy atom. The Balaban J connectivity index is 1.52. The topological polar surface area (TPSA) is 83.1 Å². The van der Waals surface area contributed by atoms with Crippen LogP contribution in [0.3, 0.4) is 0 Å². The van der Waals surface area contributed by atoms with Crippen molar-refractivity contribution >= 4 is 23.3 Å². The van der Waals surface area contributed by atoms with E-state index in [9.17, 15) is 9.59 Å². The second kappa shape index (κ2) is 8.43. The van der Waals surface area contributed by atoms with Crippen molar-refractivity contribution in [1.82, 2.24) is 10.3 Å². The number of anilines is 2. The lowest BCUT2D eigenvalue weighted by Crippen LogP contribution is -2.23. The maximum Gasteiger partial charge on any atom is 0.323 e. The lowest BCUT2D eigenvalue weighted by atomic mass is 10.2. The number of amides is 3. The van der Waals surface area contributed by atoms with Gasteiger partial charge in [-0.2, -0.15) is 0 Å². The molecule has 130 valence electrons. The van der Waals surface area contributed by atoms with Crippen LogP contribution in [0.4, 0.5) is 16.2 Å². The monoisotopic (exact) mass is 346 g/mol. The molecule has 0 spiro atoms. The van der Waals surface area contributed by atoms with Crippen LogP contribution >= 0.6 is 0 Å². The van der Waals surface area contributed by atoms with Crippen molar-refractivity contribution in [3.8, 4) is 0 Å². The normalized spacial score (nSPS) is 10.0. The SMILES string of the molecule is O=C(Nc1ccccc1)Nc1ccc(C(=O)NCc2cccnc2)cc1. The summed E-state index contributed by atoms with van der Waals surface area (Å²) < 4.78 is 0. The summed E-state index contributed by atoms with van der Waals surface area (Å²) in [5.74, 6) is -0.186. The highest BCUT2D eigenvalue weighted by atomic mass is 16.2. The highest BCUT2D eigenvalue weighted by Crippen LogP contribution is 2.11. The largest absolute Gasteiger partial charge is 0.348 e. The fraction of sp³-hybridized carbons (Fsp3) is 0.0500. The maximum absolute atomic E-state index is 12.2. The summed E-state index contributed by atoms with van der Waals surface area (Å²) in [4.78, 5) is 28.1. The molecule has 3 rings (SSSR count). The van der Waals surface area contributed by atoms with Crippen LogP contribution in [0, 0.1) is 0 Å². The number of hydrogen-bond donors (Lipinski definition) is 3. The molecule has 1 heterocycles. The van der Waals surface area contributed by atoms with Crippen molar-refractivity contribution in [3.05, 3.63) is 90.3 Å². The van der Waals surface area contributed by atoms with E-state index in [2.05, 4.69) is 20.9 Å². The van der Waals surface area contributed by atoms with Gasteiger partial charge in [0.25, 0.3) is 5.91 Å². The smallest absolute Gasteiger partial charge is 0.323 e. The Morgan fingerprint density at radius 2 is 1.50 bits per heavy atom. The second-order valence-electron chi connectivity index (χ2n) is 5.57. The van der Waals surface area contributed by atoms with Crippen molar-refractivity contribution < 1.29 is 9.59 Å². The van der Waals surface area contributed by atoms with Crippen LogP contribution in [0.2, 0.25) is 0 Å². The zero-order chi connectivity index (χ0) is 18.2. The summed E-state index contributed by atoms with van der Waals surface area (Å²) in [5.41, 5.74) is 2.75. The Labute approximate surface area is 151 Å². The van der Waals surface area contributed by atoms with Gasteiger partial charge in [0.15, 0.2) is 0 Å². The van der Waals surface area contributed by atoms with Crippen LogP contribution in [0.25, 0.3) is 0 Å². The predicted octanol–water partition coefficient (Wildman–Crippen LogP) is 3.66. The van der Waals surface area contributed by atoms with E-state index in [1.165, 1.54) is 0 Å². The Bertz CT molecular complexity index is 865. The van der Waals surface area contributed by atoms with Crippen LogP contribution in [0.1, 0.15) is 15.9 Å². The van der Waals surface area contributed by atoms with Crippen molar-refractivity contribution in [2.24, 2.45) is 0 Å². The molecule has 26 heavy (non-hydrogen) atoms. The van der Waals surface area contributed by atoms with Crippen molar-refractivity contribution in [2.75, 3.05) is 10.6 Å². The standard InChI is InChI=1S/C20H18N4O2/c25-19(22-14-15-5-4-12-21-13-15)16-8-10-18(11-9-16)24-20(26)23-17-6-2-1-3-7-17/h1-13H,14H2,(H,22,25)(H2,23,24,26). The highest BCUT2D eigenvalue weighted by Gasteiger charge is 2.07. The van der Waals surface area contributed by atoms with E-state index in [-0.39, 0.29) is 11.9 Å². The van der Waals surface area contributed by atoms with Crippen LogP contribution in [0.15, 0.2) is 79.1 Å². The molecule has 0 saturated heterocycles. The van der Waals surface area contributed by atoms with E-state index in [4.69, 9.17) is 0 Å². The number of para-hydroxylation sites is 1. The number of hydrogen-bond acceptors (Lipinski definition) is 3. The molecule has 0 unspecified atom stereocenters. The van der Waals surface area contributed by atoms with Gasteiger partial charge in [0.2, 0.25) is 0 Å². The van der Waals surface area contributed by atoms with Gasteiger partial charge in [-0.05, 0) is 48.0 Å². The zero-order valence-electron chi connectivity index (χ0n) is 14.0. The van der Waals surface area contributed by atoms with E-state index >= 15 is 0 Å². The molecule has 2 aromatic carbocycles. The third-order valence-corrected chi connectivity index (χ3v) is 3.61. The average Bonchev–Trinajstić information content (AvgIpc) is 2.68. The molecule has 0 saturated carbocycles. The first-order chi connectivity index (χ1) is 12.7. The third kappa shape index (κ3) is 4.91. The van der Waals surface area contributed by atoms with E-state index in [1.54, 1.807) is 48.8 Å². The molecule has 0 radical (unpaired) electrons. The molecule has 3 aromatic rings. The van der Waals surface area contributed by atoms with Gasteiger partial charge in [-0.25, -0.2) is 4.79 Å². The maximum atomic E-state index is 12.2. The molecule has 3 N–H and O–H groups in total. The van der Waals surface area contributed by atoms with E-state index in [0.717, 1.165) is 5.56 Å². The summed E-state index contributed by atoms with van der Waals surface area (Å²) >= 11 is 0. The minimum absolute atomic E-state index is 0.186. The first-order valence-corrected chi connectivity index (χ1v) is 8.11. The fourth-order valence-electron chi connectivity index (χ4n) is 2.31. The number of rotatable bonds is 5. The summed E-state index contributed by atoms with van der Waals surface area (Å²) in [7, 11) is 0. The molecule has 0 aliphatic heterocycles. The average molecular weight is 346 g/mol. The van der Waals surface area contributed by atoms with Crippen molar-refractivity contribution in [2.45, 2.75) is 6.54 Å². The number of urea groups is 1. The number of nitrogens with zero attached hydrogens (tertiary/aromatic N) is 1. The molecule has 1 aromatic heterocycles. The van der Waals surface area contributed by atoms with Crippen LogP contribution in [-0.2, 0) is 6.54 Å². The lowest BCUT2D eigenvalue weighted by molar-refractivity contribution is 0.0951. The van der Waals surface area contributed by atoms with E-state index in [1.807, 2.05) is 30.3 Å². The van der Waals surface area contributed by atoms with Crippen molar-refractivity contribution in [1.29, 1.82) is 0 Å². The molecule has 6 heteroatoms. The van der Waals surface area contributed by atoms with Gasteiger partial charge in [0.05, 0.1) is 0 Å². The summed E-state index contributed by atoms with van der Waals surface area (Å²) in [6.45, 7) is 0.409. The molecule has 0 fully saturated rings. The summed E-state index contributed by atoms with van der Waals surface area (Å²) in [6.07, 6.45) is 3.39. The Hall–Kier alpha value is -3.67. The lowest BCUT2D eigenvalue weighted by Gasteiger charge is -2.09. The molecular weight excluding hydrogens is 328 g/mol. The summed E-state index contributed by atoms with van der Waals surface area (Å²) in [5, 5.41) is 8.28. The quantitative estimate of drug-likeness (QED) is 0.659. The number of pyridine rings is 1. The second-order valence-corrected chi connectivity index (χ2v) is 5.57. The first kappa shape index (κ1) is 17.2. The number of nitrogens with one attached hydrogen (secondary N) is 3. The summed E-state index contributed by atoms with van der Waals surface area (Å²) in [6, 6.07) is 19.2. The van der Waals surface area contributed by atoms with Gasteiger partial charge in [-0.15, -0.1) is 0 Å². The molecule has 6 nitrogen and oxygen atoms in total. The van der Waals surface area contributed by atoms with Crippen LogP contribution < -0.4 is 16.0 Å². The first-order valence-electron chi connectivity index (χ1n) is 8.11. The van der Waals surface area contributed by atoms with Gasteiger partial charge < -0.3 is 16.0 Å². The van der Waals surface area contributed by atoms with Gasteiger partial charge in [0.1, 0.15) is 0 Å². The molecular formula is C20H18N4O2. The van der Waals surface area contributed by atoms with Crippen LogP contribution in [0.5, 0.6) is 0 Å².